The number of aromatic nitrogens is 1. The zero-order valence-corrected chi connectivity index (χ0v) is 12.1. The second-order valence-corrected chi connectivity index (χ2v) is 5.41. The van der Waals surface area contributed by atoms with Crippen molar-refractivity contribution in [3.05, 3.63) is 23.9 Å². The van der Waals surface area contributed by atoms with Crippen LogP contribution in [0.3, 0.4) is 0 Å². The maximum atomic E-state index is 5.93. The molecule has 0 saturated carbocycles. The van der Waals surface area contributed by atoms with E-state index >= 15 is 0 Å². The van der Waals surface area contributed by atoms with E-state index in [1.165, 1.54) is 5.56 Å². The molecule has 1 fully saturated rings. The zero-order chi connectivity index (χ0) is 13.7. The molecular formula is C15H24N2O2. The molecule has 0 spiro atoms. The molecular weight excluding hydrogens is 240 g/mol. The van der Waals surface area contributed by atoms with Gasteiger partial charge in [-0.3, -0.25) is 4.90 Å². The summed E-state index contributed by atoms with van der Waals surface area (Å²) in [6.07, 6.45) is 3.24. The summed E-state index contributed by atoms with van der Waals surface area (Å²) in [5.41, 5.74) is 1.25. The number of ether oxygens (including phenoxy) is 2. The van der Waals surface area contributed by atoms with Crippen molar-refractivity contribution >= 4 is 0 Å². The van der Waals surface area contributed by atoms with Gasteiger partial charge in [0.25, 0.3) is 0 Å². The third-order valence-corrected chi connectivity index (χ3v) is 3.55. The smallest absolute Gasteiger partial charge is 0.213 e. The van der Waals surface area contributed by atoms with Gasteiger partial charge in [0, 0.05) is 39.0 Å². The molecule has 1 aromatic heterocycles. The lowest BCUT2D eigenvalue weighted by atomic mass is 10.1. The van der Waals surface area contributed by atoms with Gasteiger partial charge in [0.1, 0.15) is 6.10 Å². The van der Waals surface area contributed by atoms with Crippen LogP contribution in [0.25, 0.3) is 0 Å². The van der Waals surface area contributed by atoms with Crippen LogP contribution in [0.4, 0.5) is 0 Å². The van der Waals surface area contributed by atoms with E-state index in [9.17, 15) is 0 Å². The summed E-state index contributed by atoms with van der Waals surface area (Å²) in [4.78, 5) is 6.76. The van der Waals surface area contributed by atoms with Gasteiger partial charge in [-0.25, -0.2) is 4.98 Å². The lowest BCUT2D eigenvalue weighted by molar-refractivity contribution is 0.147. The Hall–Kier alpha value is -1.13. The topological polar surface area (TPSA) is 34.6 Å². The number of methoxy groups -OCH3 is 1. The van der Waals surface area contributed by atoms with Crippen molar-refractivity contribution in [2.24, 2.45) is 0 Å². The SMILES string of the molecule is COCCN1CCC(Oc2ccc(C(C)C)cn2)C1. The van der Waals surface area contributed by atoms with Gasteiger partial charge in [0.05, 0.1) is 6.61 Å². The van der Waals surface area contributed by atoms with Crippen molar-refractivity contribution < 1.29 is 9.47 Å². The Morgan fingerprint density at radius 2 is 2.26 bits per heavy atom. The van der Waals surface area contributed by atoms with E-state index in [-0.39, 0.29) is 6.10 Å². The molecule has 1 atom stereocenters. The number of rotatable bonds is 6. The Labute approximate surface area is 115 Å². The van der Waals surface area contributed by atoms with E-state index in [4.69, 9.17) is 9.47 Å². The lowest BCUT2D eigenvalue weighted by Gasteiger charge is -2.16. The predicted molar refractivity (Wildman–Crippen MR) is 75.7 cm³/mol. The summed E-state index contributed by atoms with van der Waals surface area (Å²) in [7, 11) is 1.74. The van der Waals surface area contributed by atoms with Gasteiger partial charge in [-0.1, -0.05) is 19.9 Å². The fraction of sp³-hybridized carbons (Fsp3) is 0.667. The van der Waals surface area contributed by atoms with Gasteiger partial charge in [0.2, 0.25) is 5.88 Å². The largest absolute Gasteiger partial charge is 0.473 e. The molecule has 4 heteroatoms. The van der Waals surface area contributed by atoms with Crippen LogP contribution >= 0.6 is 0 Å². The van der Waals surface area contributed by atoms with Gasteiger partial charge in [-0.15, -0.1) is 0 Å². The lowest BCUT2D eigenvalue weighted by Crippen LogP contribution is -2.27. The second-order valence-electron chi connectivity index (χ2n) is 5.41. The molecule has 0 aromatic carbocycles. The van der Waals surface area contributed by atoms with E-state index in [0.29, 0.717) is 5.92 Å². The average Bonchev–Trinajstić information content (AvgIpc) is 2.84. The van der Waals surface area contributed by atoms with Crippen molar-refractivity contribution in [3.63, 3.8) is 0 Å². The van der Waals surface area contributed by atoms with Crippen molar-refractivity contribution in [1.82, 2.24) is 9.88 Å². The van der Waals surface area contributed by atoms with Crippen LogP contribution in [0.5, 0.6) is 5.88 Å². The molecule has 1 saturated heterocycles. The van der Waals surface area contributed by atoms with Crippen molar-refractivity contribution in [2.75, 3.05) is 33.4 Å². The van der Waals surface area contributed by atoms with E-state index in [0.717, 1.165) is 38.5 Å². The summed E-state index contributed by atoms with van der Waals surface area (Å²) < 4.78 is 11.0. The Morgan fingerprint density at radius 3 is 2.89 bits per heavy atom. The van der Waals surface area contributed by atoms with Gasteiger partial charge in [-0.2, -0.15) is 0 Å². The van der Waals surface area contributed by atoms with Gasteiger partial charge >= 0.3 is 0 Å². The fourth-order valence-corrected chi connectivity index (χ4v) is 2.29. The van der Waals surface area contributed by atoms with E-state index in [1.807, 2.05) is 12.3 Å². The summed E-state index contributed by atoms with van der Waals surface area (Å²) >= 11 is 0. The van der Waals surface area contributed by atoms with Gasteiger partial charge in [0.15, 0.2) is 0 Å². The maximum Gasteiger partial charge on any atom is 0.213 e. The molecule has 1 aliphatic heterocycles. The molecule has 2 heterocycles. The Balaban J connectivity index is 1.82. The minimum absolute atomic E-state index is 0.259. The highest BCUT2D eigenvalue weighted by molar-refractivity contribution is 5.20. The first-order valence-corrected chi connectivity index (χ1v) is 7.03. The molecule has 2 rings (SSSR count). The summed E-state index contributed by atoms with van der Waals surface area (Å²) in [6.45, 7) is 8.16. The highest BCUT2D eigenvalue weighted by Gasteiger charge is 2.23. The monoisotopic (exact) mass is 264 g/mol. The average molecular weight is 264 g/mol. The minimum Gasteiger partial charge on any atom is -0.473 e. The van der Waals surface area contributed by atoms with E-state index < -0.39 is 0 Å². The standard InChI is InChI=1S/C15H24N2O2/c1-12(2)13-4-5-15(16-10-13)19-14-6-7-17(11-14)8-9-18-3/h4-5,10,12,14H,6-9,11H2,1-3H3. The normalized spacial score (nSPS) is 20.1. The third-order valence-electron chi connectivity index (χ3n) is 3.55. The molecule has 0 bridgehead atoms. The van der Waals surface area contributed by atoms with Crippen molar-refractivity contribution in [1.29, 1.82) is 0 Å². The predicted octanol–water partition coefficient (Wildman–Crippen LogP) is 2.30. The van der Waals surface area contributed by atoms with Crippen LogP contribution in [0.2, 0.25) is 0 Å². The molecule has 0 aliphatic carbocycles. The molecule has 19 heavy (non-hydrogen) atoms. The number of likely N-dealkylation sites (tertiary alicyclic amines) is 1. The number of hydrogen-bond donors (Lipinski definition) is 0. The van der Waals surface area contributed by atoms with Crippen molar-refractivity contribution in [2.45, 2.75) is 32.3 Å². The zero-order valence-electron chi connectivity index (χ0n) is 12.1. The Morgan fingerprint density at radius 1 is 1.42 bits per heavy atom. The maximum absolute atomic E-state index is 5.93. The molecule has 1 aromatic rings. The second kappa shape index (κ2) is 6.87. The summed E-state index contributed by atoms with van der Waals surface area (Å²) in [6, 6.07) is 4.08. The highest BCUT2D eigenvalue weighted by Crippen LogP contribution is 2.19. The highest BCUT2D eigenvalue weighted by atomic mass is 16.5. The van der Waals surface area contributed by atoms with Crippen LogP contribution in [-0.4, -0.2) is 49.3 Å². The van der Waals surface area contributed by atoms with Crippen LogP contribution in [0.1, 0.15) is 31.7 Å². The first-order valence-electron chi connectivity index (χ1n) is 7.03. The number of pyridine rings is 1. The molecule has 0 N–H and O–H groups in total. The number of nitrogens with zero attached hydrogens (tertiary/aromatic N) is 2. The third kappa shape index (κ3) is 4.18. The molecule has 0 radical (unpaired) electrons. The first-order chi connectivity index (χ1) is 9.19. The van der Waals surface area contributed by atoms with Crippen molar-refractivity contribution in [3.8, 4) is 5.88 Å². The van der Waals surface area contributed by atoms with E-state index in [2.05, 4.69) is 29.8 Å². The molecule has 0 amide bonds. The number of hydrogen-bond acceptors (Lipinski definition) is 4. The molecule has 4 nitrogen and oxygen atoms in total. The fourth-order valence-electron chi connectivity index (χ4n) is 2.29. The summed E-state index contributed by atoms with van der Waals surface area (Å²) in [5, 5.41) is 0. The molecule has 1 aliphatic rings. The van der Waals surface area contributed by atoms with Gasteiger partial charge in [-0.05, 0) is 17.9 Å². The Bertz CT molecular complexity index is 378. The molecule has 1 unspecified atom stereocenters. The summed E-state index contributed by atoms with van der Waals surface area (Å²) in [5.74, 6) is 1.25. The van der Waals surface area contributed by atoms with Crippen LogP contribution < -0.4 is 4.74 Å². The minimum atomic E-state index is 0.259. The molecule has 106 valence electrons. The van der Waals surface area contributed by atoms with Crippen LogP contribution in [-0.2, 0) is 4.74 Å². The van der Waals surface area contributed by atoms with Gasteiger partial charge < -0.3 is 9.47 Å². The first kappa shape index (κ1) is 14.3. The Kier molecular flexibility index (Phi) is 5.16. The van der Waals surface area contributed by atoms with E-state index in [1.54, 1.807) is 7.11 Å². The van der Waals surface area contributed by atoms with Crippen LogP contribution in [0, 0.1) is 0 Å². The quantitative estimate of drug-likeness (QED) is 0.789. The van der Waals surface area contributed by atoms with Crippen LogP contribution in [0.15, 0.2) is 18.3 Å².